The van der Waals surface area contributed by atoms with Crippen molar-refractivity contribution in [3.05, 3.63) is 82.6 Å². The number of halogens is 1. The molecule has 1 aliphatic rings. The molecule has 0 radical (unpaired) electrons. The van der Waals surface area contributed by atoms with Crippen molar-refractivity contribution in [2.24, 2.45) is 0 Å². The van der Waals surface area contributed by atoms with E-state index in [-0.39, 0.29) is 16.5 Å². The standard InChI is InChI=1S/C25H19FN2O5S/c1-12-10-17(13(2)33-12)22(29)20-21(14-4-7-16(32-3)8-5-14)28(24(31)23(20)30)25-27-18-9-6-15(26)11-19(18)34-25/h4-11,21,29H,1-3H3/b22-20+. The third kappa shape index (κ3) is 3.45. The number of ether oxygens (including phenoxy) is 1. The number of aromatic nitrogens is 1. The number of thiazole rings is 1. The maximum absolute atomic E-state index is 13.8. The number of ketones is 1. The highest BCUT2D eigenvalue weighted by molar-refractivity contribution is 7.22. The van der Waals surface area contributed by atoms with Crippen molar-refractivity contribution < 1.29 is 28.2 Å². The topological polar surface area (TPSA) is 92.9 Å². The average Bonchev–Trinajstić information content (AvgIpc) is 3.46. The summed E-state index contributed by atoms with van der Waals surface area (Å²) >= 11 is 1.09. The molecule has 0 spiro atoms. The molecule has 1 atom stereocenters. The number of anilines is 1. The van der Waals surface area contributed by atoms with E-state index < -0.39 is 23.5 Å². The molecule has 172 valence electrons. The van der Waals surface area contributed by atoms with Gasteiger partial charge in [-0.15, -0.1) is 0 Å². The minimum Gasteiger partial charge on any atom is -0.507 e. The molecule has 0 bridgehead atoms. The van der Waals surface area contributed by atoms with Crippen molar-refractivity contribution in [2.45, 2.75) is 19.9 Å². The number of hydrogen-bond acceptors (Lipinski definition) is 7. The molecule has 1 amide bonds. The Morgan fingerprint density at radius 3 is 2.53 bits per heavy atom. The number of hydrogen-bond donors (Lipinski definition) is 1. The minimum atomic E-state index is -0.953. The summed E-state index contributed by atoms with van der Waals surface area (Å²) < 4.78 is 25.0. The number of aliphatic hydroxyl groups excluding tert-OH is 1. The number of rotatable bonds is 4. The van der Waals surface area contributed by atoms with Gasteiger partial charge in [-0.25, -0.2) is 9.37 Å². The number of amides is 1. The molecule has 3 heterocycles. The molecule has 0 aliphatic carbocycles. The van der Waals surface area contributed by atoms with Gasteiger partial charge in [0.25, 0.3) is 5.78 Å². The third-order valence-electron chi connectivity index (χ3n) is 5.72. The summed E-state index contributed by atoms with van der Waals surface area (Å²) in [6, 6.07) is 11.6. The third-order valence-corrected chi connectivity index (χ3v) is 6.73. The fourth-order valence-electron chi connectivity index (χ4n) is 4.13. The first kappa shape index (κ1) is 21.8. The van der Waals surface area contributed by atoms with Crippen molar-refractivity contribution in [2.75, 3.05) is 12.0 Å². The first-order valence-corrected chi connectivity index (χ1v) is 11.2. The average molecular weight is 479 g/mol. The number of carbonyl (C=O) groups is 2. The van der Waals surface area contributed by atoms with Crippen molar-refractivity contribution in [3.8, 4) is 5.75 Å². The zero-order chi connectivity index (χ0) is 24.1. The van der Waals surface area contributed by atoms with Crippen molar-refractivity contribution in [3.63, 3.8) is 0 Å². The van der Waals surface area contributed by atoms with Crippen LogP contribution in [0, 0.1) is 19.7 Å². The minimum absolute atomic E-state index is 0.0792. The highest BCUT2D eigenvalue weighted by atomic mass is 32.1. The van der Waals surface area contributed by atoms with Gasteiger partial charge in [-0.1, -0.05) is 23.5 Å². The smallest absolute Gasteiger partial charge is 0.301 e. The van der Waals surface area contributed by atoms with Gasteiger partial charge in [-0.2, -0.15) is 0 Å². The summed E-state index contributed by atoms with van der Waals surface area (Å²) in [7, 11) is 1.53. The van der Waals surface area contributed by atoms with Crippen LogP contribution < -0.4 is 9.64 Å². The molecule has 7 nitrogen and oxygen atoms in total. The number of furan rings is 1. The predicted octanol–water partition coefficient (Wildman–Crippen LogP) is 5.28. The lowest BCUT2D eigenvalue weighted by Gasteiger charge is -2.23. The Kier molecular flexibility index (Phi) is 5.21. The molecule has 1 N–H and O–H groups in total. The van der Waals surface area contributed by atoms with Crippen LogP contribution in [-0.4, -0.2) is 28.9 Å². The molecule has 1 unspecified atom stereocenters. The van der Waals surface area contributed by atoms with Crippen LogP contribution in [0.25, 0.3) is 16.0 Å². The summed E-state index contributed by atoms with van der Waals surface area (Å²) in [6.45, 7) is 3.40. The number of nitrogens with zero attached hydrogens (tertiary/aromatic N) is 2. The van der Waals surface area contributed by atoms with E-state index in [0.717, 1.165) is 11.3 Å². The molecule has 0 saturated carbocycles. The zero-order valence-electron chi connectivity index (χ0n) is 18.5. The second kappa shape index (κ2) is 8.11. The van der Waals surface area contributed by atoms with Gasteiger partial charge in [0, 0.05) is 0 Å². The summed E-state index contributed by atoms with van der Waals surface area (Å²) in [5, 5.41) is 11.4. The van der Waals surface area contributed by atoms with E-state index in [4.69, 9.17) is 9.15 Å². The maximum atomic E-state index is 13.8. The SMILES string of the molecule is COc1ccc(C2/C(=C(\O)c3cc(C)oc3C)C(=O)C(=O)N2c2nc3ccc(F)cc3s2)cc1. The monoisotopic (exact) mass is 478 g/mol. The zero-order valence-corrected chi connectivity index (χ0v) is 19.3. The number of aryl methyl sites for hydroxylation is 2. The molecule has 34 heavy (non-hydrogen) atoms. The van der Waals surface area contributed by atoms with E-state index in [2.05, 4.69) is 4.98 Å². The highest BCUT2D eigenvalue weighted by Gasteiger charge is 2.48. The Balaban J connectivity index is 1.74. The quantitative estimate of drug-likeness (QED) is 0.244. The van der Waals surface area contributed by atoms with E-state index >= 15 is 0 Å². The molecule has 1 aliphatic heterocycles. The summed E-state index contributed by atoms with van der Waals surface area (Å²) in [5.74, 6) is -0.864. The van der Waals surface area contributed by atoms with Gasteiger partial charge in [0.15, 0.2) is 5.13 Å². The number of benzene rings is 2. The van der Waals surface area contributed by atoms with E-state index in [1.54, 1.807) is 44.2 Å². The van der Waals surface area contributed by atoms with Crippen LogP contribution in [0.4, 0.5) is 9.52 Å². The van der Waals surface area contributed by atoms with Crippen molar-refractivity contribution in [1.82, 2.24) is 4.98 Å². The Morgan fingerprint density at radius 2 is 1.88 bits per heavy atom. The fraction of sp³-hybridized carbons (Fsp3) is 0.160. The van der Waals surface area contributed by atoms with E-state index in [1.165, 1.54) is 30.2 Å². The normalized spacial score (nSPS) is 17.6. The Labute approximate surface area is 197 Å². The fourth-order valence-corrected chi connectivity index (χ4v) is 5.15. The number of aliphatic hydroxyl groups is 1. The van der Waals surface area contributed by atoms with E-state index in [9.17, 15) is 19.1 Å². The number of Topliss-reactive ketones (excluding diaryl/α,β-unsaturated/α-hetero) is 1. The molecule has 5 rings (SSSR count). The molecule has 1 saturated heterocycles. The van der Waals surface area contributed by atoms with Crippen LogP contribution in [0.2, 0.25) is 0 Å². The summed E-state index contributed by atoms with van der Waals surface area (Å²) in [5.41, 5.74) is 1.33. The van der Waals surface area contributed by atoms with Gasteiger partial charge < -0.3 is 14.3 Å². The molecule has 2 aromatic carbocycles. The molecular formula is C25H19FN2O5S. The largest absolute Gasteiger partial charge is 0.507 e. The summed E-state index contributed by atoms with van der Waals surface area (Å²) in [4.78, 5) is 32.2. The highest BCUT2D eigenvalue weighted by Crippen LogP contribution is 2.45. The van der Waals surface area contributed by atoms with Crippen molar-refractivity contribution in [1.29, 1.82) is 0 Å². The van der Waals surface area contributed by atoms with Crippen LogP contribution in [0.3, 0.4) is 0 Å². The van der Waals surface area contributed by atoms with E-state index in [1.807, 2.05) is 0 Å². The van der Waals surface area contributed by atoms with Gasteiger partial charge >= 0.3 is 5.91 Å². The second-order valence-corrected chi connectivity index (χ2v) is 8.89. The predicted molar refractivity (Wildman–Crippen MR) is 126 cm³/mol. The number of fused-ring (bicyclic) bond motifs is 1. The summed E-state index contributed by atoms with van der Waals surface area (Å²) in [6.07, 6.45) is 0. The first-order chi connectivity index (χ1) is 16.3. The Morgan fingerprint density at radius 1 is 1.15 bits per heavy atom. The lowest BCUT2D eigenvalue weighted by molar-refractivity contribution is -0.132. The number of methoxy groups -OCH3 is 1. The first-order valence-electron chi connectivity index (χ1n) is 10.4. The van der Waals surface area contributed by atoms with Gasteiger partial charge in [0.1, 0.15) is 28.8 Å². The Bertz CT molecular complexity index is 1480. The molecule has 1 fully saturated rings. The molecule has 4 aromatic rings. The molecule has 9 heteroatoms. The van der Waals surface area contributed by atoms with Gasteiger partial charge in [-0.3, -0.25) is 14.5 Å². The van der Waals surface area contributed by atoms with Gasteiger partial charge in [0.2, 0.25) is 0 Å². The van der Waals surface area contributed by atoms with Gasteiger partial charge in [-0.05, 0) is 55.8 Å². The van der Waals surface area contributed by atoms with Crippen LogP contribution in [0.5, 0.6) is 5.75 Å². The van der Waals surface area contributed by atoms with Crippen LogP contribution in [0.1, 0.15) is 28.7 Å². The maximum Gasteiger partial charge on any atom is 0.301 e. The van der Waals surface area contributed by atoms with Crippen LogP contribution in [0.15, 0.2) is 58.5 Å². The van der Waals surface area contributed by atoms with Crippen molar-refractivity contribution >= 4 is 44.1 Å². The lowest BCUT2D eigenvalue weighted by Crippen LogP contribution is -2.29. The van der Waals surface area contributed by atoms with E-state index in [0.29, 0.717) is 38.6 Å². The molecule has 2 aromatic heterocycles. The Hall–Kier alpha value is -3.98. The second-order valence-electron chi connectivity index (χ2n) is 7.88. The number of carbonyl (C=O) groups excluding carboxylic acids is 2. The van der Waals surface area contributed by atoms with Crippen LogP contribution >= 0.6 is 11.3 Å². The van der Waals surface area contributed by atoms with Crippen LogP contribution in [-0.2, 0) is 9.59 Å². The lowest BCUT2D eigenvalue weighted by atomic mass is 9.95. The van der Waals surface area contributed by atoms with Gasteiger partial charge in [0.05, 0.1) is 34.5 Å². The molecular weight excluding hydrogens is 459 g/mol.